The first-order chi connectivity index (χ1) is 58.2. The van der Waals surface area contributed by atoms with Crippen LogP contribution in [0.25, 0.3) is 89.0 Å². The molecule has 0 bridgehead atoms. The molecule has 3 fully saturated rings. The number of fused-ring (bicyclic) bond motifs is 3. The Labute approximate surface area is 728 Å². The number of likely N-dealkylation sites (N-methyl/N-ethyl adjacent to an activating group) is 3. The summed E-state index contributed by atoms with van der Waals surface area (Å²) in [7, 11) is 16.7. The Hall–Kier alpha value is -9.59. The highest BCUT2D eigenvalue weighted by Crippen LogP contribution is 2.44. The number of methoxy groups -OCH3 is 4. The van der Waals surface area contributed by atoms with Gasteiger partial charge in [-0.05, 0) is 173 Å². The fourth-order valence-corrected chi connectivity index (χ4v) is 17.0. The van der Waals surface area contributed by atoms with Gasteiger partial charge in [0, 0.05) is 210 Å². The summed E-state index contributed by atoms with van der Waals surface area (Å²) >= 11 is 2.26. The van der Waals surface area contributed by atoms with Crippen molar-refractivity contribution in [2.75, 3.05) is 202 Å². The van der Waals surface area contributed by atoms with E-state index in [4.69, 9.17) is 43.5 Å². The summed E-state index contributed by atoms with van der Waals surface area (Å²) in [5.41, 5.74) is 12.8. The van der Waals surface area contributed by atoms with Crippen LogP contribution in [0.2, 0.25) is 51.4 Å². The molecular weight excluding hydrogens is 1670 g/mol. The molecule has 5 aromatic carbocycles. The smallest absolute Gasteiger partial charge is 0.253 e. The van der Waals surface area contributed by atoms with E-state index in [0.29, 0.717) is 64.5 Å². The average Bonchev–Trinajstić information content (AvgIpc) is 1.63. The lowest BCUT2D eigenvalue weighted by atomic mass is 10.0. The molecule has 644 valence electrons. The van der Waals surface area contributed by atoms with Crippen LogP contribution in [-0.2, 0) is 22.9 Å². The number of halogens is 1. The van der Waals surface area contributed by atoms with Crippen molar-refractivity contribution in [2.24, 2.45) is 0 Å². The fourth-order valence-electron chi connectivity index (χ4n) is 14.8. The fraction of sp³-hybridized carbons (Fsp3) is 0.440. The first kappa shape index (κ1) is 90.6. The highest BCUT2D eigenvalue weighted by molar-refractivity contribution is 14.1. The van der Waals surface area contributed by atoms with Crippen molar-refractivity contribution in [3.05, 3.63) is 166 Å². The minimum Gasteiger partial charge on any atom is -0.496 e. The third-order valence-corrected chi connectivity index (χ3v) is 26.4. The standard InChI is InChI=1S/C35H48N6O4Si.C29H34N6O3.C27H39IN6O2Si/c1-38(2)14-15-39-16-18-40(19-17-39)35(42)27-11-8-10-26(22-27)28-23-29-33(32-30(43-3)12-9-13-31(32)44-4)37-41(34(29)36-24-28)25-45-20-21-46(5,6)7;1-33(2)11-12-34-13-15-35(16-14-34)29(36)21-8-5-7-20(17-21)22-18-23-27(31-32-28(23)30-19-22)26-24(37-3)9-6-10-25(26)38-4;1-31(2)9-10-32-11-13-33(14-12-32)27(35)22-8-6-7-21(17-22)23-18-24-25(28)30-34(26(24)29-19-23)20-36-15-16-37(3,4)5/h8-13,22-24H,14-21,25H2,1-7H3;5-10,17-19H,11-16H2,1-4H3,(H,30,31,32);6-8,17-19H,9-16,20H2,1-5H3. The molecule has 0 radical (unpaired) electrons. The largest absolute Gasteiger partial charge is 0.496 e. The van der Waals surface area contributed by atoms with E-state index in [9.17, 15) is 14.4 Å². The average molecular weight is 1790 g/mol. The van der Waals surface area contributed by atoms with Crippen molar-refractivity contribution >= 4 is 89.6 Å². The van der Waals surface area contributed by atoms with Crippen molar-refractivity contribution < 1.29 is 42.8 Å². The molecule has 9 heterocycles. The SMILES string of the molecule is CN(C)CCN1CCN(C(=O)c2cccc(-c3cnc4c(c3)c(I)nn4COCC[Si](C)(C)C)c2)CC1.COc1cccc(OC)c1-c1[nH]nc2ncc(-c3cccc(C(=O)N4CCN(CCN(C)C)CC4)c3)cc12.COc1cccc(OC)c1-c1nn(COCC[Si](C)(C)C)c2ncc(-c3cccc(C(=O)N4CCN(CCN(C)C)CC4)c3)cc12. The Morgan fingerprint density at radius 3 is 1.15 bits per heavy atom. The first-order valence-corrected chi connectivity index (χ1v) is 50.3. The topological polar surface area (TPSA) is 239 Å². The van der Waals surface area contributed by atoms with Gasteiger partial charge >= 0.3 is 0 Å². The monoisotopic (exact) mass is 1790 g/mol. The molecule has 0 spiro atoms. The van der Waals surface area contributed by atoms with Crippen molar-refractivity contribution in [1.82, 2.24) is 88.8 Å². The van der Waals surface area contributed by atoms with Crippen LogP contribution in [0.4, 0.5) is 0 Å². The van der Waals surface area contributed by atoms with Crippen molar-refractivity contribution in [3.8, 4) is 78.9 Å². The number of carbonyl (C=O) groups excluding carboxylic acids is 3. The van der Waals surface area contributed by atoms with Crippen LogP contribution in [0.1, 0.15) is 31.1 Å². The summed E-state index contributed by atoms with van der Waals surface area (Å²) in [6.07, 6.45) is 5.50. The number of nitrogens with zero attached hydrogens (tertiary/aromatic N) is 17. The van der Waals surface area contributed by atoms with Crippen molar-refractivity contribution in [1.29, 1.82) is 0 Å². The molecule has 27 nitrogen and oxygen atoms in total. The lowest BCUT2D eigenvalue weighted by molar-refractivity contribution is 0.0623. The zero-order valence-corrected chi connectivity index (χ0v) is 77.6. The Kier molecular flexibility index (Phi) is 31.5. The summed E-state index contributed by atoms with van der Waals surface area (Å²) in [5.74, 6) is 2.89. The first-order valence-electron chi connectivity index (χ1n) is 41.8. The minimum absolute atomic E-state index is 0.0610. The van der Waals surface area contributed by atoms with Gasteiger partial charge in [0.25, 0.3) is 17.7 Å². The number of pyridine rings is 3. The molecule has 3 saturated heterocycles. The van der Waals surface area contributed by atoms with Crippen LogP contribution >= 0.6 is 22.6 Å². The summed E-state index contributed by atoms with van der Waals surface area (Å²) in [6, 6.07) is 43.3. The maximum absolute atomic E-state index is 13.6. The van der Waals surface area contributed by atoms with Gasteiger partial charge in [0.2, 0.25) is 0 Å². The summed E-state index contributed by atoms with van der Waals surface area (Å²) in [4.78, 5) is 74.1. The van der Waals surface area contributed by atoms with Crippen LogP contribution in [-0.4, -0.2) is 324 Å². The molecule has 0 aliphatic carbocycles. The van der Waals surface area contributed by atoms with Gasteiger partial charge in [-0.25, -0.2) is 24.3 Å². The minimum atomic E-state index is -1.23. The summed E-state index contributed by atoms with van der Waals surface area (Å²) in [6.45, 7) is 32.2. The third-order valence-electron chi connectivity index (χ3n) is 22.2. The maximum atomic E-state index is 13.6. The van der Waals surface area contributed by atoms with E-state index in [0.717, 1.165) is 218 Å². The van der Waals surface area contributed by atoms with Gasteiger partial charge in [0.15, 0.2) is 16.9 Å². The van der Waals surface area contributed by atoms with Gasteiger partial charge in [-0.1, -0.05) is 87.8 Å². The Balaban J connectivity index is 0.000000167. The molecule has 11 aromatic rings. The number of rotatable bonds is 31. The van der Waals surface area contributed by atoms with Gasteiger partial charge in [0.1, 0.15) is 45.9 Å². The van der Waals surface area contributed by atoms with Crippen molar-refractivity contribution in [2.45, 2.75) is 64.8 Å². The van der Waals surface area contributed by atoms with E-state index >= 15 is 0 Å². The molecule has 14 rings (SSSR count). The van der Waals surface area contributed by atoms with Crippen LogP contribution < -0.4 is 18.9 Å². The number of ether oxygens (including phenoxy) is 6. The molecule has 0 saturated carbocycles. The number of benzene rings is 5. The summed E-state index contributed by atoms with van der Waals surface area (Å²) < 4.78 is 39.3. The molecule has 1 N–H and O–H groups in total. The predicted octanol–water partition coefficient (Wildman–Crippen LogP) is 13.4. The number of hydrogen-bond acceptors (Lipinski definition) is 21. The molecule has 3 amide bonds. The van der Waals surface area contributed by atoms with E-state index in [1.54, 1.807) is 34.6 Å². The quantitative estimate of drug-likeness (QED) is 0.0241. The molecule has 30 heteroatoms. The molecular formula is C91H121IN18O9Si2. The van der Waals surface area contributed by atoms with E-state index in [1.807, 2.05) is 152 Å². The molecule has 121 heavy (non-hydrogen) atoms. The third kappa shape index (κ3) is 23.8. The van der Waals surface area contributed by atoms with Crippen molar-refractivity contribution in [3.63, 3.8) is 0 Å². The molecule has 6 aromatic heterocycles. The van der Waals surface area contributed by atoms with Crippen LogP contribution in [0.5, 0.6) is 23.0 Å². The number of nitrogens with one attached hydrogen (secondary N) is 1. The summed E-state index contributed by atoms with van der Waals surface area (Å²) in [5, 5.41) is 19.8. The van der Waals surface area contributed by atoms with Gasteiger partial charge < -0.3 is 57.8 Å². The van der Waals surface area contributed by atoms with Gasteiger partial charge in [0.05, 0.1) is 50.6 Å². The highest BCUT2D eigenvalue weighted by Gasteiger charge is 2.29. The van der Waals surface area contributed by atoms with E-state index < -0.39 is 16.1 Å². The molecule has 3 aliphatic rings. The van der Waals surface area contributed by atoms with E-state index in [1.165, 1.54) is 0 Å². The van der Waals surface area contributed by atoms with Gasteiger partial charge in [-0.2, -0.15) is 15.3 Å². The van der Waals surface area contributed by atoms with E-state index in [-0.39, 0.29) is 24.5 Å². The Morgan fingerprint density at radius 2 is 0.769 bits per heavy atom. The number of aromatic nitrogens is 9. The number of piperazine rings is 3. The second-order valence-electron chi connectivity index (χ2n) is 34.3. The molecule has 0 atom stereocenters. The van der Waals surface area contributed by atoms with E-state index in [2.05, 4.69) is 166 Å². The Morgan fingerprint density at radius 1 is 0.421 bits per heavy atom. The lowest BCUT2D eigenvalue weighted by Crippen LogP contribution is -2.49. The number of carbonyl (C=O) groups is 3. The number of aromatic amines is 1. The second-order valence-corrected chi connectivity index (χ2v) is 46.6. The highest BCUT2D eigenvalue weighted by atomic mass is 127. The normalized spacial score (nSPS) is 14.6. The lowest BCUT2D eigenvalue weighted by Gasteiger charge is -2.35. The number of amides is 3. The number of hydrogen-bond donors (Lipinski definition) is 1. The van der Waals surface area contributed by atoms with Crippen LogP contribution in [0, 0.1) is 3.70 Å². The number of H-pyrrole nitrogens is 1. The van der Waals surface area contributed by atoms with Gasteiger partial charge in [-0.3, -0.25) is 34.2 Å². The van der Waals surface area contributed by atoms with Crippen LogP contribution in [0.15, 0.2) is 146 Å². The molecule has 0 unspecified atom stereocenters. The Bertz CT molecular complexity index is 5270. The predicted molar refractivity (Wildman–Crippen MR) is 496 cm³/mol. The zero-order chi connectivity index (χ0) is 86.1. The van der Waals surface area contributed by atoms with Gasteiger partial charge in [-0.15, -0.1) is 0 Å². The zero-order valence-electron chi connectivity index (χ0n) is 73.5. The second kappa shape index (κ2) is 42.0. The maximum Gasteiger partial charge on any atom is 0.253 e. The van der Waals surface area contributed by atoms with Crippen LogP contribution in [0.3, 0.4) is 0 Å². The molecule has 3 aliphatic heterocycles.